The molecule has 138 valence electrons. The summed E-state index contributed by atoms with van der Waals surface area (Å²) < 4.78 is 5.64. The van der Waals surface area contributed by atoms with Crippen LogP contribution in [0.15, 0.2) is 36.4 Å². The lowest BCUT2D eigenvalue weighted by molar-refractivity contribution is -0.0236. The molecule has 26 heavy (non-hydrogen) atoms. The molecular formula is C19H23N3O3S. The summed E-state index contributed by atoms with van der Waals surface area (Å²) in [4.78, 5) is 27.9. The van der Waals surface area contributed by atoms with Gasteiger partial charge in [-0.15, -0.1) is 11.3 Å². The number of carbonyl (C=O) groups is 2. The van der Waals surface area contributed by atoms with Gasteiger partial charge in [0, 0.05) is 30.6 Å². The minimum Gasteiger partial charge on any atom is -0.374 e. The van der Waals surface area contributed by atoms with Gasteiger partial charge in [-0.05, 0) is 42.8 Å². The molecule has 1 saturated heterocycles. The van der Waals surface area contributed by atoms with Gasteiger partial charge in [0.15, 0.2) is 0 Å². The lowest BCUT2D eigenvalue weighted by atomic mass is 10.1. The number of ether oxygens (including phenoxy) is 1. The fourth-order valence-corrected chi connectivity index (χ4v) is 3.92. The number of morpholine rings is 1. The molecule has 0 unspecified atom stereocenters. The minimum atomic E-state index is -0.0904. The second kappa shape index (κ2) is 8.44. The summed E-state index contributed by atoms with van der Waals surface area (Å²) in [5.74, 6) is -0.0773. The van der Waals surface area contributed by atoms with Crippen LogP contribution in [0, 0.1) is 0 Å². The van der Waals surface area contributed by atoms with Gasteiger partial charge in [0.05, 0.1) is 17.6 Å². The molecule has 3 rings (SSSR count). The molecule has 6 nitrogen and oxygen atoms in total. The van der Waals surface area contributed by atoms with Crippen molar-refractivity contribution in [2.75, 3.05) is 33.3 Å². The van der Waals surface area contributed by atoms with Crippen LogP contribution in [0.3, 0.4) is 0 Å². The van der Waals surface area contributed by atoms with E-state index >= 15 is 0 Å². The third kappa shape index (κ3) is 4.12. The molecule has 0 radical (unpaired) electrons. The quantitative estimate of drug-likeness (QED) is 0.839. The Morgan fingerprint density at radius 2 is 2.04 bits per heavy atom. The molecule has 1 aliphatic rings. The van der Waals surface area contributed by atoms with Crippen LogP contribution in [0.4, 0.5) is 0 Å². The molecule has 1 fully saturated rings. The van der Waals surface area contributed by atoms with Crippen molar-refractivity contribution in [1.29, 1.82) is 0 Å². The predicted molar refractivity (Wildman–Crippen MR) is 102 cm³/mol. The summed E-state index contributed by atoms with van der Waals surface area (Å²) in [6, 6.07) is 11.2. The molecule has 0 aliphatic carbocycles. The van der Waals surface area contributed by atoms with Gasteiger partial charge in [-0.1, -0.05) is 12.1 Å². The largest absolute Gasteiger partial charge is 0.374 e. The highest BCUT2D eigenvalue weighted by molar-refractivity contribution is 7.17. The maximum absolute atomic E-state index is 12.7. The van der Waals surface area contributed by atoms with Crippen LogP contribution in [-0.2, 0) is 4.74 Å². The fraction of sp³-hybridized carbons (Fsp3) is 0.368. The van der Waals surface area contributed by atoms with E-state index in [1.165, 1.54) is 11.3 Å². The Morgan fingerprint density at radius 3 is 2.73 bits per heavy atom. The van der Waals surface area contributed by atoms with Gasteiger partial charge in [0.25, 0.3) is 11.8 Å². The second-order valence-corrected chi connectivity index (χ2v) is 7.23. The number of thiophene rings is 1. The van der Waals surface area contributed by atoms with Crippen molar-refractivity contribution in [3.8, 4) is 10.4 Å². The van der Waals surface area contributed by atoms with Gasteiger partial charge < -0.3 is 20.7 Å². The number of amides is 2. The zero-order valence-electron chi connectivity index (χ0n) is 14.7. The summed E-state index contributed by atoms with van der Waals surface area (Å²) in [7, 11) is 1.62. The Kier molecular flexibility index (Phi) is 6.03. The van der Waals surface area contributed by atoms with E-state index in [-0.39, 0.29) is 17.9 Å². The monoisotopic (exact) mass is 373 g/mol. The first-order chi connectivity index (χ1) is 12.6. The molecular weight excluding hydrogens is 350 g/mol. The van der Waals surface area contributed by atoms with E-state index in [2.05, 4.69) is 5.32 Å². The number of nitrogens with zero attached hydrogens (tertiary/aromatic N) is 1. The molecule has 2 aromatic rings. The summed E-state index contributed by atoms with van der Waals surface area (Å²) in [5.41, 5.74) is 7.23. The standard InChI is InChI=1S/C19H23N3O3S/c1-21-18(23)17-7-6-16(26-17)13-2-4-14(5-3-13)19(24)22-10-11-25-15(12-22)8-9-20/h2-7,15H,8-12,20H2,1H3,(H,21,23)/t15-/m1/s1. The average Bonchev–Trinajstić information content (AvgIpc) is 3.17. The number of rotatable bonds is 5. The van der Waals surface area contributed by atoms with Crippen molar-refractivity contribution in [1.82, 2.24) is 10.2 Å². The summed E-state index contributed by atoms with van der Waals surface area (Å²) >= 11 is 1.43. The lowest BCUT2D eigenvalue weighted by Gasteiger charge is -2.33. The summed E-state index contributed by atoms with van der Waals surface area (Å²) in [6.45, 7) is 2.28. The smallest absolute Gasteiger partial charge is 0.261 e. The fourth-order valence-electron chi connectivity index (χ4n) is 2.96. The molecule has 1 aliphatic heterocycles. The van der Waals surface area contributed by atoms with Crippen LogP contribution in [0.2, 0.25) is 0 Å². The van der Waals surface area contributed by atoms with Crippen LogP contribution in [0.1, 0.15) is 26.5 Å². The molecule has 2 amide bonds. The van der Waals surface area contributed by atoms with E-state index in [0.29, 0.717) is 36.7 Å². The first kappa shape index (κ1) is 18.6. The van der Waals surface area contributed by atoms with Crippen LogP contribution in [-0.4, -0.2) is 56.1 Å². The maximum Gasteiger partial charge on any atom is 0.261 e. The highest BCUT2D eigenvalue weighted by atomic mass is 32.1. The van der Waals surface area contributed by atoms with Crippen molar-refractivity contribution in [3.05, 3.63) is 46.8 Å². The van der Waals surface area contributed by atoms with Crippen LogP contribution >= 0.6 is 11.3 Å². The number of carbonyl (C=O) groups excluding carboxylic acids is 2. The Morgan fingerprint density at radius 1 is 1.27 bits per heavy atom. The molecule has 1 aromatic heterocycles. The van der Waals surface area contributed by atoms with Crippen LogP contribution in [0.5, 0.6) is 0 Å². The summed E-state index contributed by atoms with van der Waals surface area (Å²) in [5, 5.41) is 2.62. The van der Waals surface area contributed by atoms with E-state index < -0.39 is 0 Å². The molecule has 1 atom stereocenters. The van der Waals surface area contributed by atoms with Gasteiger partial charge in [0.2, 0.25) is 0 Å². The van der Waals surface area contributed by atoms with E-state index in [1.807, 2.05) is 41.3 Å². The lowest BCUT2D eigenvalue weighted by Crippen LogP contribution is -2.46. The van der Waals surface area contributed by atoms with E-state index in [4.69, 9.17) is 10.5 Å². The molecule has 3 N–H and O–H groups in total. The van der Waals surface area contributed by atoms with E-state index in [0.717, 1.165) is 16.9 Å². The van der Waals surface area contributed by atoms with Gasteiger partial charge in [0.1, 0.15) is 0 Å². The normalized spacial score (nSPS) is 17.2. The van der Waals surface area contributed by atoms with Crippen molar-refractivity contribution in [2.24, 2.45) is 5.73 Å². The van der Waals surface area contributed by atoms with Crippen molar-refractivity contribution in [3.63, 3.8) is 0 Å². The zero-order chi connectivity index (χ0) is 18.5. The highest BCUT2D eigenvalue weighted by Crippen LogP contribution is 2.28. The number of nitrogens with one attached hydrogen (secondary N) is 1. The maximum atomic E-state index is 12.7. The highest BCUT2D eigenvalue weighted by Gasteiger charge is 2.24. The third-order valence-corrected chi connectivity index (χ3v) is 5.52. The van der Waals surface area contributed by atoms with Gasteiger partial charge >= 0.3 is 0 Å². The predicted octanol–water partition coefficient (Wildman–Crippen LogP) is 1.96. The zero-order valence-corrected chi connectivity index (χ0v) is 15.6. The van der Waals surface area contributed by atoms with Gasteiger partial charge in [-0.2, -0.15) is 0 Å². The number of benzene rings is 1. The third-order valence-electron chi connectivity index (χ3n) is 4.39. The van der Waals surface area contributed by atoms with Crippen molar-refractivity contribution < 1.29 is 14.3 Å². The van der Waals surface area contributed by atoms with Crippen molar-refractivity contribution >= 4 is 23.2 Å². The second-order valence-electron chi connectivity index (χ2n) is 6.14. The number of hydrogen-bond donors (Lipinski definition) is 2. The molecule has 0 spiro atoms. The van der Waals surface area contributed by atoms with Crippen LogP contribution < -0.4 is 11.1 Å². The molecule has 0 bridgehead atoms. The SMILES string of the molecule is CNC(=O)c1ccc(-c2ccc(C(=O)N3CCO[C@H](CCN)C3)cc2)s1. The first-order valence-electron chi connectivity index (χ1n) is 8.65. The Balaban J connectivity index is 1.70. The Hall–Kier alpha value is -2.22. The van der Waals surface area contributed by atoms with Gasteiger partial charge in [-0.25, -0.2) is 0 Å². The molecule has 2 heterocycles. The molecule has 0 saturated carbocycles. The number of hydrogen-bond acceptors (Lipinski definition) is 5. The molecule has 1 aromatic carbocycles. The van der Waals surface area contributed by atoms with Crippen LogP contribution in [0.25, 0.3) is 10.4 Å². The summed E-state index contributed by atoms with van der Waals surface area (Å²) in [6.07, 6.45) is 0.778. The Bertz CT molecular complexity index is 771. The number of nitrogens with two attached hydrogens (primary N) is 1. The molecule has 7 heteroatoms. The van der Waals surface area contributed by atoms with E-state index in [1.54, 1.807) is 7.05 Å². The topological polar surface area (TPSA) is 84.7 Å². The van der Waals surface area contributed by atoms with E-state index in [9.17, 15) is 9.59 Å². The average molecular weight is 373 g/mol. The first-order valence-corrected chi connectivity index (χ1v) is 9.47. The van der Waals surface area contributed by atoms with Crippen molar-refractivity contribution in [2.45, 2.75) is 12.5 Å². The minimum absolute atomic E-state index is 0.0131. The Labute approximate surface area is 156 Å². The van der Waals surface area contributed by atoms with Gasteiger partial charge in [-0.3, -0.25) is 9.59 Å².